The summed E-state index contributed by atoms with van der Waals surface area (Å²) in [7, 11) is 3.98. The van der Waals surface area contributed by atoms with Crippen molar-refractivity contribution < 1.29 is 9.36 Å². The highest BCUT2D eigenvalue weighted by molar-refractivity contribution is 4.85. The minimum Gasteiger partial charge on any atom is -0.337 e. The van der Waals surface area contributed by atoms with E-state index < -0.39 is 0 Å². The zero-order chi connectivity index (χ0) is 9.68. The smallest absolute Gasteiger partial charge is 0.254 e. The molecular formula is C7H14N4O2. The van der Waals surface area contributed by atoms with Gasteiger partial charge in [0.05, 0.1) is 0 Å². The molecule has 1 rings (SSSR count). The fourth-order valence-corrected chi connectivity index (χ4v) is 0.845. The van der Waals surface area contributed by atoms with Crippen LogP contribution in [0, 0.1) is 0 Å². The lowest BCUT2D eigenvalue weighted by atomic mass is 10.4. The SMILES string of the molecule is CN(C)CCc1noc(CON)n1. The van der Waals surface area contributed by atoms with Crippen molar-refractivity contribution in [2.45, 2.75) is 13.0 Å². The molecule has 0 fully saturated rings. The fraction of sp³-hybridized carbons (Fsp3) is 0.714. The first-order valence-electron chi connectivity index (χ1n) is 4.00. The minimum absolute atomic E-state index is 0.162. The molecule has 0 aromatic carbocycles. The minimum atomic E-state index is 0.162. The van der Waals surface area contributed by atoms with Gasteiger partial charge in [-0.25, -0.2) is 5.90 Å². The number of hydrogen-bond donors (Lipinski definition) is 1. The number of hydrogen-bond acceptors (Lipinski definition) is 6. The van der Waals surface area contributed by atoms with Gasteiger partial charge < -0.3 is 9.42 Å². The molecule has 0 unspecified atom stereocenters. The largest absolute Gasteiger partial charge is 0.337 e. The average Bonchev–Trinajstić information content (AvgIpc) is 2.50. The van der Waals surface area contributed by atoms with Crippen molar-refractivity contribution >= 4 is 0 Å². The Morgan fingerprint density at radius 2 is 2.31 bits per heavy atom. The lowest BCUT2D eigenvalue weighted by molar-refractivity contribution is 0.0995. The van der Waals surface area contributed by atoms with E-state index in [1.165, 1.54) is 0 Å². The molecule has 0 aliphatic carbocycles. The molecule has 0 amide bonds. The average molecular weight is 186 g/mol. The predicted molar refractivity (Wildman–Crippen MR) is 45.5 cm³/mol. The number of nitrogens with zero attached hydrogens (tertiary/aromatic N) is 3. The molecule has 2 N–H and O–H groups in total. The van der Waals surface area contributed by atoms with E-state index in [-0.39, 0.29) is 6.61 Å². The maximum Gasteiger partial charge on any atom is 0.254 e. The summed E-state index contributed by atoms with van der Waals surface area (Å²) in [5.41, 5.74) is 0. The molecule has 13 heavy (non-hydrogen) atoms. The van der Waals surface area contributed by atoms with Crippen LogP contribution in [0.4, 0.5) is 0 Å². The van der Waals surface area contributed by atoms with Crippen LogP contribution in [-0.4, -0.2) is 35.7 Å². The van der Waals surface area contributed by atoms with Crippen molar-refractivity contribution in [1.82, 2.24) is 15.0 Å². The normalized spacial score (nSPS) is 11.1. The van der Waals surface area contributed by atoms with Crippen LogP contribution in [0.1, 0.15) is 11.7 Å². The Balaban J connectivity index is 2.39. The molecular weight excluding hydrogens is 172 g/mol. The van der Waals surface area contributed by atoms with Crippen LogP contribution < -0.4 is 5.90 Å². The first-order valence-corrected chi connectivity index (χ1v) is 4.00. The molecule has 6 heteroatoms. The molecule has 0 atom stereocenters. The highest BCUT2D eigenvalue weighted by Gasteiger charge is 2.05. The second-order valence-corrected chi connectivity index (χ2v) is 2.97. The second-order valence-electron chi connectivity index (χ2n) is 2.97. The zero-order valence-corrected chi connectivity index (χ0v) is 7.86. The third-order valence-corrected chi connectivity index (χ3v) is 1.50. The van der Waals surface area contributed by atoms with Gasteiger partial charge in [-0.1, -0.05) is 5.16 Å². The first-order chi connectivity index (χ1) is 6.22. The summed E-state index contributed by atoms with van der Waals surface area (Å²) in [6.45, 7) is 1.05. The van der Waals surface area contributed by atoms with Crippen LogP contribution in [0.25, 0.3) is 0 Å². The van der Waals surface area contributed by atoms with E-state index in [9.17, 15) is 0 Å². The molecule has 0 saturated carbocycles. The van der Waals surface area contributed by atoms with Crippen LogP contribution in [-0.2, 0) is 17.9 Å². The molecule has 0 bridgehead atoms. The Morgan fingerprint density at radius 3 is 2.92 bits per heavy atom. The Labute approximate surface area is 76.6 Å². The van der Waals surface area contributed by atoms with Crippen molar-refractivity contribution in [3.63, 3.8) is 0 Å². The van der Waals surface area contributed by atoms with Gasteiger partial charge in [-0.05, 0) is 14.1 Å². The molecule has 0 saturated heterocycles. The van der Waals surface area contributed by atoms with Gasteiger partial charge in [-0.15, -0.1) is 0 Å². The molecule has 0 spiro atoms. The molecule has 6 nitrogen and oxygen atoms in total. The number of nitrogens with two attached hydrogens (primary N) is 1. The van der Waals surface area contributed by atoms with E-state index in [2.05, 4.69) is 19.9 Å². The Hall–Kier alpha value is -0.980. The van der Waals surface area contributed by atoms with Crippen molar-refractivity contribution in [2.24, 2.45) is 5.90 Å². The van der Waals surface area contributed by atoms with Gasteiger partial charge in [0.2, 0.25) is 0 Å². The van der Waals surface area contributed by atoms with E-state index in [1.807, 2.05) is 14.1 Å². The summed E-state index contributed by atoms with van der Waals surface area (Å²) >= 11 is 0. The van der Waals surface area contributed by atoms with Crippen molar-refractivity contribution in [2.75, 3.05) is 20.6 Å². The summed E-state index contributed by atoms with van der Waals surface area (Å²) in [6, 6.07) is 0. The maximum atomic E-state index is 4.86. The van der Waals surface area contributed by atoms with E-state index in [0.717, 1.165) is 13.0 Å². The van der Waals surface area contributed by atoms with E-state index >= 15 is 0 Å². The highest BCUT2D eigenvalue weighted by Crippen LogP contribution is 1.98. The molecule has 1 aromatic rings. The van der Waals surface area contributed by atoms with E-state index in [1.54, 1.807) is 0 Å². The van der Waals surface area contributed by atoms with Gasteiger partial charge >= 0.3 is 0 Å². The molecule has 1 heterocycles. The lowest BCUT2D eigenvalue weighted by Crippen LogP contribution is -2.15. The summed E-state index contributed by atoms with van der Waals surface area (Å²) in [4.78, 5) is 10.5. The Kier molecular flexibility index (Phi) is 3.81. The third kappa shape index (κ3) is 3.49. The van der Waals surface area contributed by atoms with Crippen LogP contribution in [0.5, 0.6) is 0 Å². The molecule has 1 aromatic heterocycles. The maximum absolute atomic E-state index is 4.86. The first kappa shape index (κ1) is 10.1. The van der Waals surface area contributed by atoms with Gasteiger partial charge in [0.25, 0.3) is 5.89 Å². The summed E-state index contributed by atoms with van der Waals surface area (Å²) < 4.78 is 4.85. The Bertz CT molecular complexity index is 248. The van der Waals surface area contributed by atoms with Gasteiger partial charge in [0.1, 0.15) is 6.61 Å². The van der Waals surface area contributed by atoms with Gasteiger partial charge in [-0.3, -0.25) is 4.84 Å². The standard InChI is InChI=1S/C7H14N4O2/c1-11(2)4-3-6-9-7(5-12-8)13-10-6/h3-5,8H2,1-2H3. The summed E-state index contributed by atoms with van der Waals surface area (Å²) in [5, 5.41) is 3.76. The summed E-state index contributed by atoms with van der Waals surface area (Å²) in [5.74, 6) is 5.95. The highest BCUT2D eigenvalue weighted by atomic mass is 16.6. The molecule has 0 radical (unpaired) electrons. The molecule has 74 valence electrons. The predicted octanol–water partition coefficient (Wildman–Crippen LogP) is -0.436. The molecule has 0 aliphatic rings. The van der Waals surface area contributed by atoms with Crippen molar-refractivity contribution in [1.29, 1.82) is 0 Å². The second kappa shape index (κ2) is 4.90. The lowest BCUT2D eigenvalue weighted by Gasteiger charge is -2.05. The van der Waals surface area contributed by atoms with Gasteiger partial charge in [-0.2, -0.15) is 4.98 Å². The van der Waals surface area contributed by atoms with E-state index in [0.29, 0.717) is 11.7 Å². The van der Waals surface area contributed by atoms with Crippen LogP contribution in [0.3, 0.4) is 0 Å². The van der Waals surface area contributed by atoms with E-state index in [4.69, 9.17) is 10.4 Å². The van der Waals surface area contributed by atoms with Crippen molar-refractivity contribution in [3.05, 3.63) is 11.7 Å². The number of aromatic nitrogens is 2. The fourth-order valence-electron chi connectivity index (χ4n) is 0.845. The van der Waals surface area contributed by atoms with Gasteiger partial charge in [0.15, 0.2) is 5.82 Å². The van der Waals surface area contributed by atoms with Gasteiger partial charge in [0, 0.05) is 13.0 Å². The third-order valence-electron chi connectivity index (χ3n) is 1.50. The quantitative estimate of drug-likeness (QED) is 0.628. The summed E-state index contributed by atoms with van der Waals surface area (Å²) in [6.07, 6.45) is 0.765. The monoisotopic (exact) mass is 186 g/mol. The zero-order valence-electron chi connectivity index (χ0n) is 7.86. The van der Waals surface area contributed by atoms with Crippen LogP contribution in [0.2, 0.25) is 0 Å². The topological polar surface area (TPSA) is 77.4 Å². The Morgan fingerprint density at radius 1 is 1.54 bits per heavy atom. The number of rotatable bonds is 5. The van der Waals surface area contributed by atoms with Crippen LogP contribution in [0.15, 0.2) is 4.52 Å². The van der Waals surface area contributed by atoms with Crippen LogP contribution >= 0.6 is 0 Å². The number of likely N-dealkylation sites (N-methyl/N-ethyl adjacent to an activating group) is 1. The molecule has 0 aliphatic heterocycles. The van der Waals surface area contributed by atoms with Crippen molar-refractivity contribution in [3.8, 4) is 0 Å².